The van der Waals surface area contributed by atoms with Crippen molar-refractivity contribution in [1.29, 1.82) is 0 Å². The second-order valence-corrected chi connectivity index (χ2v) is 5.83. The second kappa shape index (κ2) is 8.62. The van der Waals surface area contributed by atoms with E-state index in [0.717, 1.165) is 16.7 Å². The third kappa shape index (κ3) is 4.57. The number of benzene rings is 3. The van der Waals surface area contributed by atoms with Crippen LogP contribution in [0.4, 0.5) is 0 Å². The quantitative estimate of drug-likeness (QED) is 0.534. The van der Waals surface area contributed by atoms with E-state index in [1.54, 1.807) is 12.3 Å². The third-order valence-electron chi connectivity index (χ3n) is 3.92. The highest BCUT2D eigenvalue weighted by Gasteiger charge is 2.06. The van der Waals surface area contributed by atoms with Crippen molar-refractivity contribution in [2.75, 3.05) is 0 Å². The van der Waals surface area contributed by atoms with Gasteiger partial charge in [0.1, 0.15) is 12.4 Å². The van der Waals surface area contributed by atoms with Crippen LogP contribution in [0.25, 0.3) is 0 Å². The largest absolute Gasteiger partial charge is 0.488 e. The first kappa shape index (κ1) is 17.4. The van der Waals surface area contributed by atoms with Gasteiger partial charge in [-0.3, -0.25) is 4.79 Å². The Morgan fingerprint density at radius 2 is 1.65 bits per heavy atom. The van der Waals surface area contributed by atoms with Gasteiger partial charge in [0.15, 0.2) is 0 Å². The van der Waals surface area contributed by atoms with Crippen LogP contribution >= 0.6 is 0 Å². The van der Waals surface area contributed by atoms with E-state index in [2.05, 4.69) is 10.5 Å². The predicted molar refractivity (Wildman–Crippen MR) is 103 cm³/mol. The molecule has 3 aromatic carbocycles. The molecule has 0 aromatic heterocycles. The first-order valence-electron chi connectivity index (χ1n) is 8.39. The molecule has 130 valence electrons. The maximum Gasteiger partial charge on any atom is 0.271 e. The highest BCUT2D eigenvalue weighted by Crippen LogP contribution is 2.17. The number of carbonyl (C=O) groups is 1. The van der Waals surface area contributed by atoms with E-state index < -0.39 is 0 Å². The molecule has 0 atom stereocenters. The Kier molecular flexibility index (Phi) is 5.78. The average Bonchev–Trinajstić information content (AvgIpc) is 2.68. The minimum atomic E-state index is -0.234. The summed E-state index contributed by atoms with van der Waals surface area (Å²) in [7, 11) is 0. The van der Waals surface area contributed by atoms with E-state index in [1.807, 2.05) is 79.7 Å². The summed E-state index contributed by atoms with van der Waals surface area (Å²) in [5, 5.41) is 4.07. The molecule has 0 fully saturated rings. The van der Waals surface area contributed by atoms with Crippen molar-refractivity contribution in [1.82, 2.24) is 5.43 Å². The van der Waals surface area contributed by atoms with Crippen LogP contribution < -0.4 is 10.2 Å². The summed E-state index contributed by atoms with van der Waals surface area (Å²) >= 11 is 0. The molecule has 1 N–H and O–H groups in total. The van der Waals surface area contributed by atoms with Crippen molar-refractivity contribution >= 4 is 12.1 Å². The molecule has 0 bridgehead atoms. The van der Waals surface area contributed by atoms with Crippen molar-refractivity contribution in [3.63, 3.8) is 0 Å². The van der Waals surface area contributed by atoms with Gasteiger partial charge in [0.05, 0.1) is 6.21 Å². The zero-order valence-corrected chi connectivity index (χ0v) is 14.6. The SMILES string of the molecule is Cc1ccccc1C(=O)NN=Cc1ccccc1OCc1ccccc1. The van der Waals surface area contributed by atoms with Crippen LogP contribution in [0, 0.1) is 6.92 Å². The maximum atomic E-state index is 12.2. The molecule has 3 aromatic rings. The Morgan fingerprint density at radius 1 is 0.962 bits per heavy atom. The zero-order valence-electron chi connectivity index (χ0n) is 14.6. The molecule has 0 aliphatic heterocycles. The van der Waals surface area contributed by atoms with E-state index in [4.69, 9.17) is 4.74 Å². The number of ether oxygens (including phenoxy) is 1. The number of aryl methyl sites for hydroxylation is 1. The molecule has 0 aliphatic rings. The number of nitrogens with one attached hydrogen (secondary N) is 1. The molecule has 4 nitrogen and oxygen atoms in total. The highest BCUT2D eigenvalue weighted by atomic mass is 16.5. The topological polar surface area (TPSA) is 50.7 Å². The normalized spacial score (nSPS) is 10.7. The standard InChI is InChI=1S/C22H20N2O2/c1-17-9-5-7-13-20(17)22(25)24-23-15-19-12-6-8-14-21(19)26-16-18-10-3-2-4-11-18/h2-15H,16H2,1H3,(H,24,25). The summed E-state index contributed by atoms with van der Waals surface area (Å²) in [6, 6.07) is 24.9. The van der Waals surface area contributed by atoms with E-state index >= 15 is 0 Å². The Balaban J connectivity index is 1.65. The molecule has 0 aliphatic carbocycles. The van der Waals surface area contributed by atoms with Gasteiger partial charge < -0.3 is 4.74 Å². The lowest BCUT2D eigenvalue weighted by atomic mass is 10.1. The summed E-state index contributed by atoms with van der Waals surface area (Å²) in [4.78, 5) is 12.2. The first-order chi connectivity index (χ1) is 12.7. The Morgan fingerprint density at radius 3 is 2.46 bits per heavy atom. The molecule has 4 heteroatoms. The molecular weight excluding hydrogens is 324 g/mol. The Bertz CT molecular complexity index is 905. The monoisotopic (exact) mass is 344 g/mol. The summed E-state index contributed by atoms with van der Waals surface area (Å²) in [6.45, 7) is 2.37. The van der Waals surface area contributed by atoms with E-state index in [0.29, 0.717) is 17.9 Å². The molecule has 0 saturated carbocycles. The van der Waals surface area contributed by atoms with Gasteiger partial charge in [0, 0.05) is 11.1 Å². The van der Waals surface area contributed by atoms with Crippen molar-refractivity contribution in [3.8, 4) is 5.75 Å². The predicted octanol–water partition coefficient (Wildman–Crippen LogP) is 4.34. The van der Waals surface area contributed by atoms with Crippen LogP contribution in [0.1, 0.15) is 27.0 Å². The van der Waals surface area contributed by atoms with Crippen LogP contribution in [0.2, 0.25) is 0 Å². The Labute approximate surface area is 153 Å². The summed E-state index contributed by atoms with van der Waals surface area (Å²) < 4.78 is 5.88. The number of nitrogens with zero attached hydrogens (tertiary/aromatic N) is 1. The molecule has 0 unspecified atom stereocenters. The molecular formula is C22H20N2O2. The van der Waals surface area contributed by atoms with Crippen LogP contribution in [0.5, 0.6) is 5.75 Å². The number of carbonyl (C=O) groups excluding carboxylic acids is 1. The number of rotatable bonds is 6. The molecule has 0 spiro atoms. The fraction of sp³-hybridized carbons (Fsp3) is 0.0909. The van der Waals surface area contributed by atoms with Gasteiger partial charge in [-0.25, -0.2) is 5.43 Å². The van der Waals surface area contributed by atoms with Crippen molar-refractivity contribution < 1.29 is 9.53 Å². The smallest absolute Gasteiger partial charge is 0.271 e. The van der Waals surface area contributed by atoms with Gasteiger partial charge in [-0.2, -0.15) is 5.10 Å². The minimum Gasteiger partial charge on any atom is -0.488 e. The van der Waals surface area contributed by atoms with Crippen molar-refractivity contribution in [2.24, 2.45) is 5.10 Å². The van der Waals surface area contributed by atoms with Crippen LogP contribution in [0.3, 0.4) is 0 Å². The molecule has 1 amide bonds. The number of hydrogen-bond acceptors (Lipinski definition) is 3. The highest BCUT2D eigenvalue weighted by molar-refractivity contribution is 5.96. The van der Waals surface area contributed by atoms with Gasteiger partial charge in [-0.1, -0.05) is 60.7 Å². The number of para-hydroxylation sites is 1. The first-order valence-corrected chi connectivity index (χ1v) is 8.39. The number of hydrogen-bond donors (Lipinski definition) is 1. The van der Waals surface area contributed by atoms with E-state index in [-0.39, 0.29) is 5.91 Å². The lowest BCUT2D eigenvalue weighted by Crippen LogP contribution is -2.18. The third-order valence-corrected chi connectivity index (χ3v) is 3.92. The molecule has 26 heavy (non-hydrogen) atoms. The van der Waals surface area contributed by atoms with Crippen LogP contribution in [0.15, 0.2) is 84.0 Å². The van der Waals surface area contributed by atoms with Gasteiger partial charge in [0.2, 0.25) is 0 Å². The zero-order chi connectivity index (χ0) is 18.2. The lowest BCUT2D eigenvalue weighted by molar-refractivity contribution is 0.0954. The molecule has 0 saturated heterocycles. The Hall–Kier alpha value is -3.40. The van der Waals surface area contributed by atoms with Crippen molar-refractivity contribution in [3.05, 3.63) is 101 Å². The average molecular weight is 344 g/mol. The van der Waals surface area contributed by atoms with Gasteiger partial charge >= 0.3 is 0 Å². The van der Waals surface area contributed by atoms with Crippen LogP contribution in [-0.2, 0) is 6.61 Å². The molecule has 0 radical (unpaired) electrons. The van der Waals surface area contributed by atoms with Gasteiger partial charge in [0.25, 0.3) is 5.91 Å². The second-order valence-electron chi connectivity index (χ2n) is 5.83. The number of hydrazone groups is 1. The van der Waals surface area contributed by atoms with Crippen LogP contribution in [-0.4, -0.2) is 12.1 Å². The van der Waals surface area contributed by atoms with E-state index in [9.17, 15) is 4.79 Å². The summed E-state index contributed by atoms with van der Waals surface area (Å²) in [6.07, 6.45) is 1.59. The minimum absolute atomic E-state index is 0.234. The fourth-order valence-electron chi connectivity index (χ4n) is 2.50. The maximum absolute atomic E-state index is 12.2. The molecule has 0 heterocycles. The van der Waals surface area contributed by atoms with Gasteiger partial charge in [-0.15, -0.1) is 0 Å². The molecule has 3 rings (SSSR count). The fourth-order valence-corrected chi connectivity index (χ4v) is 2.50. The van der Waals surface area contributed by atoms with Crippen molar-refractivity contribution in [2.45, 2.75) is 13.5 Å². The summed E-state index contributed by atoms with van der Waals surface area (Å²) in [5.74, 6) is 0.479. The lowest BCUT2D eigenvalue weighted by Gasteiger charge is -2.09. The van der Waals surface area contributed by atoms with E-state index in [1.165, 1.54) is 0 Å². The van der Waals surface area contributed by atoms with Gasteiger partial charge in [-0.05, 0) is 36.2 Å². The summed E-state index contributed by atoms with van der Waals surface area (Å²) in [5.41, 5.74) is 5.97. The number of amides is 1.